The van der Waals surface area contributed by atoms with Crippen molar-refractivity contribution in [1.82, 2.24) is 10.2 Å². The van der Waals surface area contributed by atoms with Crippen LogP contribution in [0.2, 0.25) is 0 Å². The molecule has 5 heteroatoms. The molecule has 0 spiro atoms. The first-order chi connectivity index (χ1) is 9.46. The molecule has 1 aromatic carbocycles. The van der Waals surface area contributed by atoms with Gasteiger partial charge in [0.05, 0.1) is 7.11 Å². The number of hydrogen-bond acceptors (Lipinski definition) is 4. The summed E-state index contributed by atoms with van der Waals surface area (Å²) < 4.78 is 18.0. The number of halogens is 1. The summed E-state index contributed by atoms with van der Waals surface area (Å²) in [5.74, 6) is -0.678. The Balaban J connectivity index is 3.04. The van der Waals surface area contributed by atoms with Gasteiger partial charge in [0.25, 0.3) is 0 Å². The molecule has 1 aromatic rings. The minimum atomic E-state index is -0.932. The lowest BCUT2D eigenvalue weighted by Crippen LogP contribution is -2.51. The Hall–Kier alpha value is -1.46. The van der Waals surface area contributed by atoms with Crippen molar-refractivity contribution in [2.45, 2.75) is 18.9 Å². The van der Waals surface area contributed by atoms with Crippen molar-refractivity contribution in [2.75, 3.05) is 34.3 Å². The number of benzene rings is 1. The van der Waals surface area contributed by atoms with Gasteiger partial charge in [-0.15, -0.1) is 0 Å². The number of nitrogens with one attached hydrogen (secondary N) is 1. The molecule has 1 N–H and O–H groups in total. The molecule has 0 fully saturated rings. The molecular weight excluding hydrogens is 259 g/mol. The fraction of sp³-hybridized carbons (Fsp3) is 0.533. The summed E-state index contributed by atoms with van der Waals surface area (Å²) in [4.78, 5) is 14.3. The van der Waals surface area contributed by atoms with E-state index in [0.29, 0.717) is 18.5 Å². The minimum Gasteiger partial charge on any atom is -0.467 e. The SMILES string of the molecule is CCC(NCCN(C)C)(C(=O)OC)c1ccc(F)cc1. The van der Waals surface area contributed by atoms with Crippen molar-refractivity contribution in [3.8, 4) is 0 Å². The van der Waals surface area contributed by atoms with Gasteiger partial charge in [-0.05, 0) is 38.2 Å². The lowest BCUT2D eigenvalue weighted by Gasteiger charge is -2.32. The highest BCUT2D eigenvalue weighted by Gasteiger charge is 2.39. The number of rotatable bonds is 7. The second-order valence-corrected chi connectivity index (χ2v) is 4.99. The first-order valence-corrected chi connectivity index (χ1v) is 6.70. The monoisotopic (exact) mass is 282 g/mol. The summed E-state index contributed by atoms with van der Waals surface area (Å²) in [6.07, 6.45) is 0.527. The Morgan fingerprint density at radius 1 is 1.35 bits per heavy atom. The molecule has 1 atom stereocenters. The summed E-state index contributed by atoms with van der Waals surface area (Å²) in [5, 5.41) is 3.26. The average Bonchev–Trinajstić information content (AvgIpc) is 2.44. The van der Waals surface area contributed by atoms with Crippen LogP contribution in [-0.4, -0.2) is 45.2 Å². The number of hydrogen-bond donors (Lipinski definition) is 1. The molecule has 0 saturated carbocycles. The van der Waals surface area contributed by atoms with Crippen LogP contribution in [0, 0.1) is 5.82 Å². The zero-order chi connectivity index (χ0) is 15.2. The first-order valence-electron chi connectivity index (χ1n) is 6.70. The number of ether oxygens (including phenoxy) is 1. The van der Waals surface area contributed by atoms with Gasteiger partial charge in [0.2, 0.25) is 0 Å². The molecule has 0 radical (unpaired) electrons. The zero-order valence-corrected chi connectivity index (χ0v) is 12.6. The number of likely N-dealkylation sites (N-methyl/N-ethyl adjacent to an activating group) is 1. The third-order valence-electron chi connectivity index (χ3n) is 3.39. The van der Waals surface area contributed by atoms with Gasteiger partial charge in [-0.2, -0.15) is 0 Å². The van der Waals surface area contributed by atoms with Gasteiger partial charge >= 0.3 is 5.97 Å². The molecule has 0 saturated heterocycles. The van der Waals surface area contributed by atoms with E-state index in [-0.39, 0.29) is 11.8 Å². The molecule has 0 amide bonds. The van der Waals surface area contributed by atoms with Gasteiger partial charge in [0, 0.05) is 13.1 Å². The molecule has 1 unspecified atom stereocenters. The van der Waals surface area contributed by atoms with E-state index >= 15 is 0 Å². The molecule has 112 valence electrons. The van der Waals surface area contributed by atoms with Gasteiger partial charge in [0.15, 0.2) is 0 Å². The maximum atomic E-state index is 13.1. The summed E-state index contributed by atoms with van der Waals surface area (Å²) in [6.45, 7) is 3.33. The van der Waals surface area contributed by atoms with Crippen LogP contribution in [0.1, 0.15) is 18.9 Å². The van der Waals surface area contributed by atoms with Crippen LogP contribution in [0.25, 0.3) is 0 Å². The van der Waals surface area contributed by atoms with Gasteiger partial charge in [0.1, 0.15) is 11.4 Å². The van der Waals surface area contributed by atoms with Crippen molar-refractivity contribution in [1.29, 1.82) is 0 Å². The Morgan fingerprint density at radius 3 is 2.40 bits per heavy atom. The van der Waals surface area contributed by atoms with E-state index in [0.717, 1.165) is 6.54 Å². The van der Waals surface area contributed by atoms with E-state index in [1.54, 1.807) is 12.1 Å². The third kappa shape index (κ3) is 3.77. The summed E-state index contributed by atoms with van der Waals surface area (Å²) >= 11 is 0. The van der Waals surface area contributed by atoms with Crippen molar-refractivity contribution >= 4 is 5.97 Å². The number of nitrogens with zero attached hydrogens (tertiary/aromatic N) is 1. The van der Waals surface area contributed by atoms with E-state index in [9.17, 15) is 9.18 Å². The second kappa shape index (κ2) is 7.36. The van der Waals surface area contributed by atoms with Gasteiger partial charge in [-0.3, -0.25) is 5.32 Å². The maximum Gasteiger partial charge on any atom is 0.330 e. The highest BCUT2D eigenvalue weighted by Crippen LogP contribution is 2.26. The molecular formula is C15H23FN2O2. The number of esters is 1. The fourth-order valence-corrected chi connectivity index (χ4v) is 2.17. The highest BCUT2D eigenvalue weighted by atomic mass is 19.1. The predicted octanol–water partition coefficient (Wildman–Crippen LogP) is 1.76. The van der Waals surface area contributed by atoms with E-state index in [2.05, 4.69) is 5.32 Å². The molecule has 0 heterocycles. The average molecular weight is 282 g/mol. The molecule has 0 aromatic heterocycles. The van der Waals surface area contributed by atoms with Crippen LogP contribution < -0.4 is 5.32 Å². The lowest BCUT2D eigenvalue weighted by molar-refractivity contribution is -0.149. The van der Waals surface area contributed by atoms with Gasteiger partial charge in [-0.1, -0.05) is 19.1 Å². The van der Waals surface area contributed by atoms with Crippen molar-refractivity contribution < 1.29 is 13.9 Å². The van der Waals surface area contributed by atoms with E-state index < -0.39 is 5.54 Å². The van der Waals surface area contributed by atoms with Gasteiger partial charge < -0.3 is 9.64 Å². The molecule has 0 aliphatic heterocycles. The Morgan fingerprint density at radius 2 is 1.95 bits per heavy atom. The van der Waals surface area contributed by atoms with E-state index in [1.807, 2.05) is 25.9 Å². The van der Waals surface area contributed by atoms with Crippen molar-refractivity contribution in [3.05, 3.63) is 35.6 Å². The standard InChI is InChI=1S/C15H23FN2O2/c1-5-15(14(19)20-4,17-10-11-18(2)3)12-6-8-13(16)9-7-12/h6-9,17H,5,10-11H2,1-4H3. The smallest absolute Gasteiger partial charge is 0.330 e. The highest BCUT2D eigenvalue weighted by molar-refractivity contribution is 5.82. The molecule has 1 rings (SSSR count). The van der Waals surface area contributed by atoms with Crippen LogP contribution >= 0.6 is 0 Å². The number of carbonyl (C=O) groups excluding carboxylic acids is 1. The van der Waals surface area contributed by atoms with Crippen molar-refractivity contribution in [3.63, 3.8) is 0 Å². The quantitative estimate of drug-likeness (QED) is 0.774. The third-order valence-corrected chi connectivity index (χ3v) is 3.39. The number of methoxy groups -OCH3 is 1. The van der Waals surface area contributed by atoms with Crippen LogP contribution in [0.15, 0.2) is 24.3 Å². The van der Waals surface area contributed by atoms with Crippen LogP contribution in [0.3, 0.4) is 0 Å². The maximum absolute atomic E-state index is 13.1. The van der Waals surface area contributed by atoms with Crippen LogP contribution in [-0.2, 0) is 15.1 Å². The van der Waals surface area contributed by atoms with Gasteiger partial charge in [-0.25, -0.2) is 9.18 Å². The van der Waals surface area contributed by atoms with Crippen molar-refractivity contribution in [2.24, 2.45) is 0 Å². The zero-order valence-electron chi connectivity index (χ0n) is 12.6. The largest absolute Gasteiger partial charge is 0.467 e. The molecule has 0 aliphatic rings. The predicted molar refractivity (Wildman–Crippen MR) is 76.9 cm³/mol. The number of carbonyl (C=O) groups is 1. The van der Waals surface area contributed by atoms with E-state index in [4.69, 9.17) is 4.74 Å². The Labute approximate surface area is 119 Å². The topological polar surface area (TPSA) is 41.6 Å². The molecule has 0 aliphatic carbocycles. The summed E-state index contributed by atoms with van der Waals surface area (Å²) in [7, 11) is 5.29. The van der Waals surface area contributed by atoms with Crippen LogP contribution in [0.5, 0.6) is 0 Å². The molecule has 0 bridgehead atoms. The first kappa shape index (κ1) is 16.6. The minimum absolute atomic E-state index is 0.322. The second-order valence-electron chi connectivity index (χ2n) is 4.99. The van der Waals surface area contributed by atoms with E-state index in [1.165, 1.54) is 19.2 Å². The summed E-state index contributed by atoms with van der Waals surface area (Å²) in [6, 6.07) is 5.96. The molecule has 20 heavy (non-hydrogen) atoms. The summed E-state index contributed by atoms with van der Waals surface area (Å²) in [5.41, 5.74) is -0.217. The van der Waals surface area contributed by atoms with Crippen LogP contribution in [0.4, 0.5) is 4.39 Å². The Kier molecular flexibility index (Phi) is 6.10. The molecule has 4 nitrogen and oxygen atoms in total. The fourth-order valence-electron chi connectivity index (χ4n) is 2.17. The Bertz CT molecular complexity index is 434. The normalized spacial score (nSPS) is 14.1. The lowest BCUT2D eigenvalue weighted by atomic mass is 9.87.